The molecule has 0 aromatic heterocycles. The van der Waals surface area contributed by atoms with Crippen LogP contribution in [0.2, 0.25) is 0 Å². The number of hydrogen-bond donors (Lipinski definition) is 2. The van der Waals surface area contributed by atoms with Crippen LogP contribution in [0.15, 0.2) is 64.4 Å². The summed E-state index contributed by atoms with van der Waals surface area (Å²) < 4.78 is 11.1. The molecule has 2 aromatic rings. The molecular weight excluding hydrogens is 366 g/mol. The molecule has 0 saturated carbocycles. The molecule has 0 amide bonds. The number of aliphatic imine (C=N–C) groups is 1. The van der Waals surface area contributed by atoms with Gasteiger partial charge in [-0.1, -0.05) is 43.7 Å². The first kappa shape index (κ1) is 20.5. The summed E-state index contributed by atoms with van der Waals surface area (Å²) >= 11 is 0. The standard InChI is InChI=1S/C23H27N3O3/c1-4-8-17-21(23(27)29-5-2)20(16(13-24)22(25)26-17)19-15-10-7-6-9-14(15)11-12-18(19)28-3/h6-7,9-13,20H,4-5,8,24H2,1-3H3,(H2,25,26)/b16-13-. The van der Waals surface area contributed by atoms with Crippen molar-refractivity contribution < 1.29 is 14.3 Å². The van der Waals surface area contributed by atoms with Gasteiger partial charge in [-0.2, -0.15) is 0 Å². The molecule has 6 nitrogen and oxygen atoms in total. The minimum atomic E-state index is -0.529. The maximum Gasteiger partial charge on any atom is 0.336 e. The van der Waals surface area contributed by atoms with Crippen molar-refractivity contribution in [2.75, 3.05) is 13.7 Å². The number of hydrogen-bond acceptors (Lipinski definition) is 6. The Morgan fingerprint density at radius 2 is 1.97 bits per heavy atom. The number of methoxy groups -OCH3 is 1. The van der Waals surface area contributed by atoms with Crippen LogP contribution in [-0.4, -0.2) is 25.5 Å². The van der Waals surface area contributed by atoms with Crippen molar-refractivity contribution in [1.29, 1.82) is 0 Å². The first-order valence-electron chi connectivity index (χ1n) is 9.79. The molecule has 0 aliphatic carbocycles. The third-order valence-corrected chi connectivity index (χ3v) is 5.06. The second kappa shape index (κ2) is 8.82. The van der Waals surface area contributed by atoms with Gasteiger partial charge in [0, 0.05) is 17.3 Å². The fourth-order valence-corrected chi connectivity index (χ4v) is 3.84. The van der Waals surface area contributed by atoms with Crippen LogP contribution in [0.1, 0.15) is 38.2 Å². The molecule has 0 spiro atoms. The number of ether oxygens (including phenoxy) is 2. The minimum absolute atomic E-state index is 0.266. The maximum absolute atomic E-state index is 13.1. The van der Waals surface area contributed by atoms with Gasteiger partial charge in [0.25, 0.3) is 0 Å². The number of fused-ring (bicyclic) bond motifs is 1. The van der Waals surface area contributed by atoms with E-state index in [4.69, 9.17) is 20.9 Å². The van der Waals surface area contributed by atoms with Gasteiger partial charge >= 0.3 is 5.97 Å². The monoisotopic (exact) mass is 393 g/mol. The zero-order valence-electron chi connectivity index (χ0n) is 17.1. The van der Waals surface area contributed by atoms with Crippen LogP contribution >= 0.6 is 0 Å². The molecule has 4 N–H and O–H groups in total. The van der Waals surface area contributed by atoms with Crippen LogP contribution in [0, 0.1) is 0 Å². The Balaban J connectivity index is 2.39. The maximum atomic E-state index is 13.1. The van der Waals surface area contributed by atoms with Crippen molar-refractivity contribution in [3.05, 3.63) is 65.0 Å². The molecule has 0 saturated heterocycles. The summed E-state index contributed by atoms with van der Waals surface area (Å²) in [6.07, 6.45) is 2.85. The van der Waals surface area contributed by atoms with Crippen molar-refractivity contribution in [2.24, 2.45) is 16.5 Å². The van der Waals surface area contributed by atoms with Gasteiger partial charge in [-0.25, -0.2) is 9.79 Å². The summed E-state index contributed by atoms with van der Waals surface area (Å²) in [5, 5.41) is 1.99. The van der Waals surface area contributed by atoms with Crippen LogP contribution < -0.4 is 16.2 Å². The van der Waals surface area contributed by atoms with E-state index in [9.17, 15) is 4.79 Å². The van der Waals surface area contributed by atoms with E-state index in [1.165, 1.54) is 6.20 Å². The highest BCUT2D eigenvalue weighted by atomic mass is 16.5. The van der Waals surface area contributed by atoms with Gasteiger partial charge in [-0.15, -0.1) is 0 Å². The Hall–Kier alpha value is -3.28. The van der Waals surface area contributed by atoms with E-state index in [0.29, 0.717) is 34.8 Å². The topological polar surface area (TPSA) is 99.9 Å². The number of allylic oxidation sites excluding steroid dienone is 1. The van der Waals surface area contributed by atoms with Gasteiger partial charge in [-0.05, 0) is 30.2 Å². The molecule has 6 heteroatoms. The first-order valence-corrected chi connectivity index (χ1v) is 9.79. The normalized spacial score (nSPS) is 18.1. The molecule has 0 bridgehead atoms. The summed E-state index contributed by atoms with van der Waals surface area (Å²) in [7, 11) is 1.61. The first-order chi connectivity index (χ1) is 14.1. The third kappa shape index (κ3) is 3.70. The minimum Gasteiger partial charge on any atom is -0.496 e. The quantitative estimate of drug-likeness (QED) is 0.728. The number of nitrogens with two attached hydrogens (primary N) is 2. The van der Waals surface area contributed by atoms with Crippen LogP contribution in [0.3, 0.4) is 0 Å². The van der Waals surface area contributed by atoms with Crippen molar-refractivity contribution >= 4 is 22.6 Å². The number of rotatable bonds is 6. The van der Waals surface area contributed by atoms with Gasteiger partial charge < -0.3 is 20.9 Å². The summed E-state index contributed by atoms with van der Waals surface area (Å²) in [6, 6.07) is 11.8. The van der Waals surface area contributed by atoms with Crippen molar-refractivity contribution in [1.82, 2.24) is 0 Å². The zero-order chi connectivity index (χ0) is 21.0. The van der Waals surface area contributed by atoms with Crippen molar-refractivity contribution in [3.8, 4) is 5.75 Å². The van der Waals surface area contributed by atoms with Crippen LogP contribution in [0.5, 0.6) is 5.75 Å². The molecule has 1 unspecified atom stereocenters. The Morgan fingerprint density at radius 3 is 2.62 bits per heavy atom. The van der Waals surface area contributed by atoms with Crippen LogP contribution in [0.4, 0.5) is 0 Å². The lowest BCUT2D eigenvalue weighted by Crippen LogP contribution is -2.30. The highest BCUT2D eigenvalue weighted by Gasteiger charge is 2.37. The molecule has 1 heterocycles. The van der Waals surface area contributed by atoms with Gasteiger partial charge in [0.15, 0.2) is 0 Å². The van der Waals surface area contributed by atoms with Gasteiger partial charge in [0.1, 0.15) is 11.6 Å². The Bertz CT molecular complexity index is 1020. The van der Waals surface area contributed by atoms with Crippen molar-refractivity contribution in [3.63, 3.8) is 0 Å². The fraction of sp³-hybridized carbons (Fsp3) is 0.304. The highest BCUT2D eigenvalue weighted by Crippen LogP contribution is 2.45. The largest absolute Gasteiger partial charge is 0.496 e. The Morgan fingerprint density at radius 1 is 1.21 bits per heavy atom. The third-order valence-electron chi connectivity index (χ3n) is 5.06. The number of amidine groups is 1. The number of carbonyl (C=O) groups excluding carboxylic acids is 1. The van der Waals surface area contributed by atoms with E-state index in [1.54, 1.807) is 14.0 Å². The average molecular weight is 393 g/mol. The van der Waals surface area contributed by atoms with E-state index in [-0.39, 0.29) is 6.61 Å². The number of benzene rings is 2. The van der Waals surface area contributed by atoms with Gasteiger partial charge in [0.05, 0.1) is 30.9 Å². The molecule has 0 fully saturated rings. The summed E-state index contributed by atoms with van der Waals surface area (Å²) in [4.78, 5) is 17.6. The second-order valence-corrected chi connectivity index (χ2v) is 6.79. The summed E-state index contributed by atoms with van der Waals surface area (Å²) in [5.74, 6) is 0.0232. The van der Waals surface area contributed by atoms with Gasteiger partial charge in [0.2, 0.25) is 0 Å². The SMILES string of the molecule is CCCC1=C(C(=O)OCC)C(c2c(OC)ccc3ccccc23)/C(=C/N)C(N)=N1. The molecular formula is C23H27N3O3. The van der Waals surface area contributed by atoms with E-state index in [1.807, 2.05) is 43.3 Å². The number of esters is 1. The molecule has 1 aliphatic rings. The molecule has 1 aliphatic heterocycles. The predicted molar refractivity (Wildman–Crippen MR) is 116 cm³/mol. The molecule has 3 rings (SSSR count). The van der Waals surface area contributed by atoms with E-state index >= 15 is 0 Å². The number of nitrogens with zero attached hydrogens (tertiary/aromatic N) is 1. The molecule has 29 heavy (non-hydrogen) atoms. The van der Waals surface area contributed by atoms with E-state index in [0.717, 1.165) is 22.8 Å². The van der Waals surface area contributed by atoms with Gasteiger partial charge in [-0.3, -0.25) is 0 Å². The lowest BCUT2D eigenvalue weighted by atomic mass is 9.78. The predicted octanol–water partition coefficient (Wildman–Crippen LogP) is 3.76. The average Bonchev–Trinajstić information content (AvgIpc) is 2.72. The Labute approximate surface area is 170 Å². The highest BCUT2D eigenvalue weighted by molar-refractivity contribution is 6.07. The molecule has 2 aromatic carbocycles. The smallest absolute Gasteiger partial charge is 0.336 e. The molecule has 152 valence electrons. The zero-order valence-corrected chi connectivity index (χ0v) is 17.1. The van der Waals surface area contributed by atoms with Crippen molar-refractivity contribution in [2.45, 2.75) is 32.6 Å². The molecule has 1 atom stereocenters. The number of carbonyl (C=O) groups is 1. The lowest BCUT2D eigenvalue weighted by Gasteiger charge is -2.30. The molecule has 0 radical (unpaired) electrons. The van der Waals surface area contributed by atoms with Crippen LogP contribution in [-0.2, 0) is 9.53 Å². The lowest BCUT2D eigenvalue weighted by molar-refractivity contribution is -0.138. The van der Waals surface area contributed by atoms with Crippen LogP contribution in [0.25, 0.3) is 10.8 Å². The van der Waals surface area contributed by atoms with E-state index in [2.05, 4.69) is 4.99 Å². The Kier molecular flexibility index (Phi) is 6.22. The van der Waals surface area contributed by atoms with E-state index < -0.39 is 11.9 Å². The summed E-state index contributed by atoms with van der Waals surface area (Å²) in [6.45, 7) is 4.08. The fourth-order valence-electron chi connectivity index (χ4n) is 3.84. The second-order valence-electron chi connectivity index (χ2n) is 6.79. The summed E-state index contributed by atoms with van der Waals surface area (Å²) in [5.41, 5.74) is 14.8.